The average Bonchev–Trinajstić information content (AvgIpc) is 2.36. The lowest BCUT2D eigenvalue weighted by Gasteiger charge is -2.23. The van der Waals surface area contributed by atoms with Crippen LogP contribution >= 0.6 is 0 Å². The highest BCUT2D eigenvalue weighted by Crippen LogP contribution is 2.19. The Balaban J connectivity index is 2.25. The molecule has 0 unspecified atom stereocenters. The Kier molecular flexibility index (Phi) is 3.34. The number of rotatable bonds is 4. The van der Waals surface area contributed by atoms with Crippen molar-refractivity contribution in [2.24, 2.45) is 0 Å². The highest BCUT2D eigenvalue weighted by atomic mass is 16.5. The first-order valence-corrected chi connectivity index (χ1v) is 5.83. The van der Waals surface area contributed by atoms with Crippen molar-refractivity contribution >= 4 is 22.7 Å². The number of para-hydroxylation sites is 2. The third-order valence-electron chi connectivity index (χ3n) is 2.83. The molecule has 5 heteroatoms. The standard InChI is InChI=1S/C13H18N4O/c1-13(2,18-3)8-15-12-11(14)16-9-6-4-5-7-10(9)17-12/h4-7H,8H2,1-3H3,(H2,14,16)(H,15,17). The quantitative estimate of drug-likeness (QED) is 0.863. The number of hydrogen-bond donors (Lipinski definition) is 2. The van der Waals surface area contributed by atoms with Crippen LogP contribution in [0.1, 0.15) is 13.8 Å². The summed E-state index contributed by atoms with van der Waals surface area (Å²) in [6.07, 6.45) is 0. The average molecular weight is 246 g/mol. The number of methoxy groups -OCH3 is 1. The molecule has 0 bridgehead atoms. The number of hydrogen-bond acceptors (Lipinski definition) is 5. The van der Waals surface area contributed by atoms with E-state index >= 15 is 0 Å². The Hall–Kier alpha value is -1.88. The highest BCUT2D eigenvalue weighted by Gasteiger charge is 2.17. The van der Waals surface area contributed by atoms with Crippen LogP contribution in [0.25, 0.3) is 11.0 Å². The summed E-state index contributed by atoms with van der Waals surface area (Å²) >= 11 is 0. The van der Waals surface area contributed by atoms with E-state index in [4.69, 9.17) is 10.5 Å². The predicted octanol–water partition coefficient (Wildman–Crippen LogP) is 2.05. The number of ether oxygens (including phenoxy) is 1. The van der Waals surface area contributed by atoms with Gasteiger partial charge in [-0.25, -0.2) is 9.97 Å². The summed E-state index contributed by atoms with van der Waals surface area (Å²) < 4.78 is 5.34. The van der Waals surface area contributed by atoms with Gasteiger partial charge in [-0.1, -0.05) is 12.1 Å². The van der Waals surface area contributed by atoms with Gasteiger partial charge in [0.15, 0.2) is 11.6 Å². The summed E-state index contributed by atoms with van der Waals surface area (Å²) in [7, 11) is 1.68. The third kappa shape index (κ3) is 2.68. The number of nitrogen functional groups attached to an aromatic ring is 1. The van der Waals surface area contributed by atoms with Crippen LogP contribution in [0.3, 0.4) is 0 Å². The Bertz CT molecular complexity index is 554. The molecular formula is C13H18N4O. The van der Waals surface area contributed by atoms with Gasteiger partial charge in [0.1, 0.15) is 0 Å². The zero-order chi connectivity index (χ0) is 13.2. The number of nitrogens with one attached hydrogen (secondary N) is 1. The van der Waals surface area contributed by atoms with Crippen LogP contribution in [0.4, 0.5) is 11.6 Å². The number of nitrogens with zero attached hydrogens (tertiary/aromatic N) is 2. The first-order valence-electron chi connectivity index (χ1n) is 5.83. The summed E-state index contributed by atoms with van der Waals surface area (Å²) in [5.74, 6) is 0.999. The molecule has 0 aliphatic carbocycles. The van der Waals surface area contributed by atoms with E-state index in [1.807, 2.05) is 38.1 Å². The highest BCUT2D eigenvalue weighted by molar-refractivity contribution is 5.79. The van der Waals surface area contributed by atoms with Crippen molar-refractivity contribution < 1.29 is 4.74 Å². The van der Waals surface area contributed by atoms with E-state index in [2.05, 4.69) is 15.3 Å². The molecule has 5 nitrogen and oxygen atoms in total. The molecule has 0 amide bonds. The normalized spacial score (nSPS) is 11.7. The predicted molar refractivity (Wildman–Crippen MR) is 73.5 cm³/mol. The van der Waals surface area contributed by atoms with Crippen molar-refractivity contribution in [3.63, 3.8) is 0 Å². The number of benzene rings is 1. The molecule has 0 aliphatic rings. The molecule has 0 aliphatic heterocycles. The SMILES string of the molecule is COC(C)(C)CNc1nc2ccccc2nc1N. The maximum atomic E-state index is 5.88. The van der Waals surface area contributed by atoms with E-state index in [-0.39, 0.29) is 5.60 Å². The minimum atomic E-state index is -0.278. The zero-order valence-corrected chi connectivity index (χ0v) is 10.9. The van der Waals surface area contributed by atoms with Gasteiger partial charge in [0.25, 0.3) is 0 Å². The molecule has 2 aromatic rings. The van der Waals surface area contributed by atoms with Crippen LogP contribution in [0.15, 0.2) is 24.3 Å². The van der Waals surface area contributed by atoms with E-state index in [9.17, 15) is 0 Å². The van der Waals surface area contributed by atoms with Gasteiger partial charge in [0.2, 0.25) is 0 Å². The van der Waals surface area contributed by atoms with Crippen LogP contribution in [-0.2, 0) is 4.74 Å². The molecule has 0 saturated heterocycles. The van der Waals surface area contributed by atoms with Crippen LogP contribution in [0.5, 0.6) is 0 Å². The van der Waals surface area contributed by atoms with Crippen LogP contribution in [0, 0.1) is 0 Å². The Morgan fingerprint density at radius 2 is 1.83 bits per heavy atom. The summed E-state index contributed by atoms with van der Waals surface area (Å²) in [4.78, 5) is 8.77. The molecule has 0 fully saturated rings. The maximum absolute atomic E-state index is 5.88. The molecule has 0 spiro atoms. The van der Waals surface area contributed by atoms with Crippen molar-refractivity contribution in [3.8, 4) is 0 Å². The van der Waals surface area contributed by atoms with Crippen molar-refractivity contribution in [1.82, 2.24) is 9.97 Å². The van der Waals surface area contributed by atoms with Gasteiger partial charge in [0.05, 0.1) is 16.6 Å². The first-order chi connectivity index (χ1) is 8.52. The fraction of sp³-hybridized carbons (Fsp3) is 0.385. The summed E-state index contributed by atoms with van der Waals surface area (Å²) in [5.41, 5.74) is 7.22. The molecule has 1 aromatic heterocycles. The molecule has 96 valence electrons. The van der Waals surface area contributed by atoms with Crippen molar-refractivity contribution in [3.05, 3.63) is 24.3 Å². The van der Waals surface area contributed by atoms with Crippen molar-refractivity contribution in [2.45, 2.75) is 19.4 Å². The Morgan fingerprint density at radius 1 is 1.22 bits per heavy atom. The lowest BCUT2D eigenvalue weighted by atomic mass is 10.1. The van der Waals surface area contributed by atoms with Gasteiger partial charge in [-0.05, 0) is 26.0 Å². The second-order valence-corrected chi connectivity index (χ2v) is 4.76. The molecule has 0 saturated carbocycles. The van der Waals surface area contributed by atoms with Gasteiger partial charge in [-0.2, -0.15) is 0 Å². The summed E-state index contributed by atoms with van der Waals surface area (Å²) in [6.45, 7) is 4.59. The molecule has 0 atom stereocenters. The minimum absolute atomic E-state index is 0.278. The second kappa shape index (κ2) is 4.78. The number of aromatic nitrogens is 2. The number of nitrogens with two attached hydrogens (primary N) is 1. The molecule has 1 aromatic carbocycles. The van der Waals surface area contributed by atoms with E-state index in [0.717, 1.165) is 11.0 Å². The van der Waals surface area contributed by atoms with Gasteiger partial charge < -0.3 is 15.8 Å². The van der Waals surface area contributed by atoms with Crippen molar-refractivity contribution in [2.75, 3.05) is 24.7 Å². The van der Waals surface area contributed by atoms with Gasteiger partial charge in [-0.3, -0.25) is 0 Å². The summed E-state index contributed by atoms with van der Waals surface area (Å²) in [5, 5.41) is 3.17. The van der Waals surface area contributed by atoms with E-state index in [1.54, 1.807) is 7.11 Å². The van der Waals surface area contributed by atoms with E-state index < -0.39 is 0 Å². The van der Waals surface area contributed by atoms with E-state index in [0.29, 0.717) is 18.2 Å². The van der Waals surface area contributed by atoms with Gasteiger partial charge in [-0.15, -0.1) is 0 Å². The van der Waals surface area contributed by atoms with Crippen LogP contribution in [0.2, 0.25) is 0 Å². The lowest BCUT2D eigenvalue weighted by Crippen LogP contribution is -2.32. The van der Waals surface area contributed by atoms with Gasteiger partial charge in [0, 0.05) is 13.7 Å². The maximum Gasteiger partial charge on any atom is 0.169 e. The third-order valence-corrected chi connectivity index (χ3v) is 2.83. The lowest BCUT2D eigenvalue weighted by molar-refractivity contribution is 0.0343. The fourth-order valence-corrected chi connectivity index (χ4v) is 1.51. The van der Waals surface area contributed by atoms with Gasteiger partial charge >= 0.3 is 0 Å². The molecule has 0 radical (unpaired) electrons. The molecule has 18 heavy (non-hydrogen) atoms. The smallest absolute Gasteiger partial charge is 0.169 e. The first kappa shape index (κ1) is 12.6. The monoisotopic (exact) mass is 246 g/mol. The molecule has 3 N–H and O–H groups in total. The number of fused-ring (bicyclic) bond motifs is 1. The topological polar surface area (TPSA) is 73.1 Å². The Labute approximate surface area is 106 Å². The van der Waals surface area contributed by atoms with Crippen LogP contribution in [-0.4, -0.2) is 29.2 Å². The molecular weight excluding hydrogens is 228 g/mol. The largest absolute Gasteiger partial charge is 0.381 e. The van der Waals surface area contributed by atoms with E-state index in [1.165, 1.54) is 0 Å². The second-order valence-electron chi connectivity index (χ2n) is 4.76. The molecule has 1 heterocycles. The van der Waals surface area contributed by atoms with Crippen LogP contribution < -0.4 is 11.1 Å². The zero-order valence-electron chi connectivity index (χ0n) is 10.9. The minimum Gasteiger partial charge on any atom is -0.381 e. The number of anilines is 2. The Morgan fingerprint density at radius 3 is 2.44 bits per heavy atom. The summed E-state index contributed by atoms with van der Waals surface area (Å²) in [6, 6.07) is 7.64. The fourth-order valence-electron chi connectivity index (χ4n) is 1.51. The molecule has 2 rings (SSSR count). The van der Waals surface area contributed by atoms with Crippen molar-refractivity contribution in [1.29, 1.82) is 0 Å².